The molecule has 1 aromatic rings. The zero-order valence-electron chi connectivity index (χ0n) is 13.7. The third-order valence-corrected chi connectivity index (χ3v) is 5.07. The van der Waals surface area contributed by atoms with Gasteiger partial charge in [0.05, 0.1) is 29.5 Å². The van der Waals surface area contributed by atoms with Crippen molar-refractivity contribution >= 4 is 0 Å². The Morgan fingerprint density at radius 2 is 1.92 bits per heavy atom. The van der Waals surface area contributed by atoms with E-state index in [1.54, 1.807) is 18.2 Å². The minimum atomic E-state index is -1.67. The molecule has 25 heavy (non-hydrogen) atoms. The van der Waals surface area contributed by atoms with Gasteiger partial charge in [-0.25, -0.2) is 4.39 Å². The molecule has 0 aromatic heterocycles. The molecule has 1 aliphatic heterocycles. The number of fused-ring (bicyclic) bond motifs is 1. The number of nitrogens with two attached hydrogens (primary N) is 1. The molecule has 1 aromatic carbocycles. The van der Waals surface area contributed by atoms with E-state index in [1.807, 2.05) is 36.2 Å². The molecule has 0 saturated carbocycles. The Morgan fingerprint density at radius 3 is 2.52 bits per heavy atom. The fraction of sp³-hybridized carbons (Fsp3) is 0.316. The van der Waals surface area contributed by atoms with Crippen LogP contribution in [0, 0.1) is 51.1 Å². The van der Waals surface area contributed by atoms with Gasteiger partial charge in [0.25, 0.3) is 0 Å². The average molecular weight is 333 g/mol. The molecule has 1 heterocycles. The lowest BCUT2D eigenvalue weighted by atomic mass is 9.60. The molecule has 0 fully saturated rings. The molecule has 3 rings (SSSR count). The van der Waals surface area contributed by atoms with E-state index < -0.39 is 17.2 Å². The van der Waals surface area contributed by atoms with Gasteiger partial charge in [0.15, 0.2) is 0 Å². The van der Waals surface area contributed by atoms with Crippen molar-refractivity contribution in [3.63, 3.8) is 0 Å². The summed E-state index contributed by atoms with van der Waals surface area (Å²) in [6.45, 7) is 1.07. The van der Waals surface area contributed by atoms with E-state index in [0.29, 0.717) is 24.2 Å². The van der Waals surface area contributed by atoms with E-state index in [0.717, 1.165) is 0 Å². The van der Waals surface area contributed by atoms with Gasteiger partial charge in [0, 0.05) is 24.9 Å². The molecule has 6 heteroatoms. The van der Waals surface area contributed by atoms with Crippen LogP contribution in [0.1, 0.15) is 11.5 Å². The first-order valence-corrected chi connectivity index (χ1v) is 7.86. The molecule has 0 saturated heterocycles. The van der Waals surface area contributed by atoms with Gasteiger partial charge in [-0.2, -0.15) is 15.8 Å². The monoisotopic (exact) mass is 333 g/mol. The molecule has 0 unspecified atom stereocenters. The van der Waals surface area contributed by atoms with Crippen LogP contribution in [-0.4, -0.2) is 25.0 Å². The van der Waals surface area contributed by atoms with Crippen molar-refractivity contribution in [3.05, 3.63) is 58.6 Å². The van der Waals surface area contributed by atoms with Crippen molar-refractivity contribution in [2.75, 3.05) is 20.1 Å². The minimum Gasteiger partial charge on any atom is -0.399 e. The van der Waals surface area contributed by atoms with Crippen LogP contribution in [0.4, 0.5) is 4.39 Å². The number of nitrogens with zero attached hydrogens (tertiary/aromatic N) is 4. The zero-order valence-corrected chi connectivity index (χ0v) is 13.7. The Labute approximate surface area is 145 Å². The Kier molecular flexibility index (Phi) is 4.05. The second kappa shape index (κ2) is 6.06. The molecule has 2 N–H and O–H groups in total. The van der Waals surface area contributed by atoms with Crippen LogP contribution in [0.25, 0.3) is 0 Å². The highest BCUT2D eigenvalue weighted by molar-refractivity contribution is 5.58. The Hall–Kier alpha value is -3.14. The standard InChI is InChI=1S/C19H16FN5/c1-25-7-6-15-14(9-25)17(12-4-2-3-5-16(12)20)13(8-21)18(24)19(15,10-22)11-23/h2-6,14,17H,7,9,24H2,1H3/t14-,17-/m0/s1. The van der Waals surface area contributed by atoms with E-state index in [-0.39, 0.29) is 17.2 Å². The third-order valence-electron chi connectivity index (χ3n) is 5.07. The number of hydrogen-bond acceptors (Lipinski definition) is 5. The van der Waals surface area contributed by atoms with Crippen molar-refractivity contribution in [1.29, 1.82) is 15.8 Å². The predicted molar refractivity (Wildman–Crippen MR) is 88.7 cm³/mol. The summed E-state index contributed by atoms with van der Waals surface area (Å²) < 4.78 is 14.5. The largest absolute Gasteiger partial charge is 0.399 e. The molecule has 0 spiro atoms. The molecule has 5 nitrogen and oxygen atoms in total. The predicted octanol–water partition coefficient (Wildman–Crippen LogP) is 2.18. The third kappa shape index (κ3) is 2.30. The van der Waals surface area contributed by atoms with E-state index in [9.17, 15) is 20.2 Å². The van der Waals surface area contributed by atoms with Gasteiger partial charge in [-0.1, -0.05) is 24.3 Å². The van der Waals surface area contributed by atoms with Crippen LogP contribution < -0.4 is 5.73 Å². The highest BCUT2D eigenvalue weighted by Crippen LogP contribution is 2.52. The second-order valence-corrected chi connectivity index (χ2v) is 6.40. The Balaban J connectivity index is 2.35. The highest BCUT2D eigenvalue weighted by Gasteiger charge is 2.52. The summed E-state index contributed by atoms with van der Waals surface area (Å²) in [6, 6.07) is 12.3. The molecule has 1 aliphatic carbocycles. The highest BCUT2D eigenvalue weighted by atomic mass is 19.1. The number of rotatable bonds is 1. The summed E-state index contributed by atoms with van der Waals surface area (Å²) in [5, 5.41) is 29.1. The zero-order chi connectivity index (χ0) is 18.2. The number of benzene rings is 1. The fourth-order valence-corrected chi connectivity index (χ4v) is 3.86. The molecule has 124 valence electrons. The van der Waals surface area contributed by atoms with Gasteiger partial charge in [-0.15, -0.1) is 0 Å². The summed E-state index contributed by atoms with van der Waals surface area (Å²) in [5.74, 6) is -1.41. The lowest BCUT2D eigenvalue weighted by Crippen LogP contribution is -2.46. The summed E-state index contributed by atoms with van der Waals surface area (Å²) in [6.07, 6.45) is 1.81. The summed E-state index contributed by atoms with van der Waals surface area (Å²) in [5.41, 5.74) is 5.42. The lowest BCUT2D eigenvalue weighted by molar-refractivity contribution is 0.262. The number of allylic oxidation sites excluding steroid dienone is 2. The van der Waals surface area contributed by atoms with Crippen molar-refractivity contribution in [3.8, 4) is 18.2 Å². The second-order valence-electron chi connectivity index (χ2n) is 6.40. The van der Waals surface area contributed by atoms with E-state index in [1.165, 1.54) is 6.07 Å². The smallest absolute Gasteiger partial charge is 0.204 e. The maximum absolute atomic E-state index is 14.5. The normalized spacial score (nSPS) is 25.2. The first-order valence-electron chi connectivity index (χ1n) is 7.86. The van der Waals surface area contributed by atoms with Gasteiger partial charge in [-0.05, 0) is 24.3 Å². The van der Waals surface area contributed by atoms with Crippen LogP contribution in [0.2, 0.25) is 0 Å². The van der Waals surface area contributed by atoms with Gasteiger partial charge in [-0.3, -0.25) is 0 Å². The van der Waals surface area contributed by atoms with Gasteiger partial charge >= 0.3 is 0 Å². The molecule has 0 amide bonds. The summed E-state index contributed by atoms with van der Waals surface area (Å²) in [4.78, 5) is 2.01. The quantitative estimate of drug-likeness (QED) is 0.794. The van der Waals surface area contributed by atoms with Crippen molar-refractivity contribution < 1.29 is 4.39 Å². The van der Waals surface area contributed by atoms with Crippen LogP contribution in [0.5, 0.6) is 0 Å². The summed E-state index contributed by atoms with van der Waals surface area (Å²) in [7, 11) is 1.90. The Bertz CT molecular complexity index is 895. The number of likely N-dealkylation sites (N-methyl/N-ethyl adjacent to an activating group) is 1. The van der Waals surface area contributed by atoms with Crippen molar-refractivity contribution in [1.82, 2.24) is 4.90 Å². The van der Waals surface area contributed by atoms with Crippen LogP contribution >= 0.6 is 0 Å². The average Bonchev–Trinajstić information content (AvgIpc) is 2.62. The van der Waals surface area contributed by atoms with Crippen LogP contribution in [0.3, 0.4) is 0 Å². The van der Waals surface area contributed by atoms with E-state index >= 15 is 0 Å². The fourth-order valence-electron chi connectivity index (χ4n) is 3.86. The van der Waals surface area contributed by atoms with Gasteiger partial charge in [0.2, 0.25) is 5.41 Å². The molecular formula is C19H16FN5. The van der Waals surface area contributed by atoms with Gasteiger partial charge in [0.1, 0.15) is 5.82 Å². The first-order chi connectivity index (χ1) is 12.0. The van der Waals surface area contributed by atoms with Crippen LogP contribution in [0.15, 0.2) is 47.2 Å². The maximum atomic E-state index is 14.5. The van der Waals surface area contributed by atoms with Crippen LogP contribution in [-0.2, 0) is 0 Å². The van der Waals surface area contributed by atoms with Crippen molar-refractivity contribution in [2.45, 2.75) is 5.92 Å². The molecular weight excluding hydrogens is 317 g/mol. The molecule has 0 radical (unpaired) electrons. The van der Waals surface area contributed by atoms with Gasteiger partial charge < -0.3 is 10.6 Å². The molecule has 2 atom stereocenters. The van der Waals surface area contributed by atoms with E-state index in [2.05, 4.69) is 0 Å². The number of nitriles is 3. The minimum absolute atomic E-state index is 0.0830. The number of halogens is 1. The van der Waals surface area contributed by atoms with E-state index in [4.69, 9.17) is 5.73 Å². The molecule has 0 bridgehead atoms. The van der Waals surface area contributed by atoms with Crippen molar-refractivity contribution in [2.24, 2.45) is 17.1 Å². The lowest BCUT2D eigenvalue weighted by Gasteiger charge is -2.44. The molecule has 2 aliphatic rings. The Morgan fingerprint density at radius 1 is 1.24 bits per heavy atom. The SMILES string of the molecule is CN1CC=C2[C@H](C1)[C@@H](c1ccccc1F)C(C#N)=C(N)C2(C#N)C#N. The topological polar surface area (TPSA) is 101 Å². The maximum Gasteiger partial charge on any atom is 0.204 e. The number of hydrogen-bond donors (Lipinski definition) is 1. The summed E-state index contributed by atoms with van der Waals surface area (Å²) >= 11 is 0. The first kappa shape index (κ1) is 16.7.